The first-order valence-corrected chi connectivity index (χ1v) is 11.2. The van der Waals surface area contributed by atoms with Gasteiger partial charge in [0, 0.05) is 18.0 Å². The van der Waals surface area contributed by atoms with Crippen molar-refractivity contribution in [1.29, 1.82) is 5.26 Å². The quantitative estimate of drug-likeness (QED) is 0.336. The molecule has 0 spiro atoms. The Morgan fingerprint density at radius 1 is 1.21 bits per heavy atom. The molecule has 2 aromatic carbocycles. The molecule has 0 saturated heterocycles. The number of anilines is 1. The van der Waals surface area contributed by atoms with Crippen LogP contribution in [0.5, 0.6) is 5.75 Å². The summed E-state index contributed by atoms with van der Waals surface area (Å²) in [6, 6.07) is 18.5. The minimum Gasteiger partial charge on any atom is -0.497 e. The number of hydrogen-bond acceptors (Lipinski definition) is 6. The van der Waals surface area contributed by atoms with E-state index in [0.717, 1.165) is 10.6 Å². The molecule has 0 atom stereocenters. The van der Waals surface area contributed by atoms with Crippen LogP contribution in [0.25, 0.3) is 22.3 Å². The molecule has 0 fully saturated rings. The molecule has 8 nitrogen and oxygen atoms in total. The molecule has 1 amide bonds. The van der Waals surface area contributed by atoms with E-state index in [-0.39, 0.29) is 16.8 Å². The molecule has 2 aromatic heterocycles. The Hall–Kier alpha value is -4.42. The molecular formula is C25H21N5O3S. The number of para-hydroxylation sites is 1. The monoisotopic (exact) mass is 471 g/mol. The van der Waals surface area contributed by atoms with Crippen LogP contribution in [0, 0.1) is 18.3 Å². The van der Waals surface area contributed by atoms with Crippen molar-refractivity contribution in [3.63, 3.8) is 0 Å². The Balaban J connectivity index is 1.61. The van der Waals surface area contributed by atoms with E-state index < -0.39 is 5.91 Å². The molecule has 4 aromatic rings. The third-order valence-corrected chi connectivity index (χ3v) is 6.20. The number of hydrogen-bond donors (Lipinski definition) is 1. The van der Waals surface area contributed by atoms with E-state index in [2.05, 4.69) is 10.3 Å². The van der Waals surface area contributed by atoms with Gasteiger partial charge in [-0.2, -0.15) is 5.26 Å². The first kappa shape index (κ1) is 22.8. The van der Waals surface area contributed by atoms with Gasteiger partial charge in [0.15, 0.2) is 0 Å². The fraction of sp³-hybridized carbons (Fsp3) is 0.120. The van der Waals surface area contributed by atoms with Crippen molar-refractivity contribution in [2.75, 3.05) is 12.4 Å². The molecule has 0 saturated carbocycles. The van der Waals surface area contributed by atoms with Gasteiger partial charge in [0.2, 0.25) is 0 Å². The average Bonchev–Trinajstić information content (AvgIpc) is 3.41. The number of amides is 1. The molecule has 0 radical (unpaired) electrons. The number of nitrogens with one attached hydrogen (secondary N) is 1. The van der Waals surface area contributed by atoms with E-state index in [4.69, 9.17) is 4.74 Å². The molecule has 34 heavy (non-hydrogen) atoms. The molecule has 9 heteroatoms. The van der Waals surface area contributed by atoms with Crippen LogP contribution in [0.3, 0.4) is 0 Å². The number of methoxy groups -OCH3 is 1. The van der Waals surface area contributed by atoms with Gasteiger partial charge >= 0.3 is 0 Å². The Bertz CT molecular complexity index is 1490. The molecule has 1 N–H and O–H groups in total. The molecule has 0 aliphatic carbocycles. The van der Waals surface area contributed by atoms with Gasteiger partial charge in [0.1, 0.15) is 28.1 Å². The maximum Gasteiger partial charge on any atom is 0.295 e. The topological polar surface area (TPSA) is 102 Å². The lowest BCUT2D eigenvalue weighted by molar-refractivity contribution is -0.112. The number of carbonyl (C=O) groups is 1. The maximum absolute atomic E-state index is 13.0. The van der Waals surface area contributed by atoms with Gasteiger partial charge in [0.05, 0.1) is 24.2 Å². The highest BCUT2D eigenvalue weighted by atomic mass is 32.1. The number of benzene rings is 2. The van der Waals surface area contributed by atoms with Crippen molar-refractivity contribution in [2.24, 2.45) is 7.05 Å². The molecule has 4 rings (SSSR count). The normalized spacial score (nSPS) is 11.2. The number of thiazole rings is 1. The fourth-order valence-electron chi connectivity index (χ4n) is 3.43. The Labute approximate surface area is 200 Å². The summed E-state index contributed by atoms with van der Waals surface area (Å²) in [6.07, 6.45) is 1.41. The zero-order valence-corrected chi connectivity index (χ0v) is 19.6. The number of rotatable bonds is 6. The van der Waals surface area contributed by atoms with Gasteiger partial charge in [-0.1, -0.05) is 30.3 Å². The van der Waals surface area contributed by atoms with Gasteiger partial charge in [-0.3, -0.25) is 14.3 Å². The molecule has 0 aliphatic rings. The molecule has 170 valence electrons. The van der Waals surface area contributed by atoms with Crippen molar-refractivity contribution in [1.82, 2.24) is 14.3 Å². The van der Waals surface area contributed by atoms with Crippen LogP contribution in [0.2, 0.25) is 0 Å². The third-order valence-electron chi connectivity index (χ3n) is 5.29. The van der Waals surface area contributed by atoms with Gasteiger partial charge in [0.25, 0.3) is 11.5 Å². The van der Waals surface area contributed by atoms with Crippen molar-refractivity contribution < 1.29 is 9.53 Å². The molecule has 0 aliphatic heterocycles. The number of nitriles is 1. The molecular weight excluding hydrogens is 450 g/mol. The second kappa shape index (κ2) is 9.60. The SMILES string of the molecule is COc1cccc(-c2nc(C=C(C#N)C(=O)Nc3c(C)n(C)n(-c4ccccc4)c3=O)cs2)c1. The molecule has 2 heterocycles. The summed E-state index contributed by atoms with van der Waals surface area (Å²) in [6.45, 7) is 1.73. The molecule has 0 bridgehead atoms. The predicted molar refractivity (Wildman–Crippen MR) is 132 cm³/mol. The molecule has 0 unspecified atom stereocenters. The van der Waals surface area contributed by atoms with E-state index >= 15 is 0 Å². The van der Waals surface area contributed by atoms with Crippen LogP contribution >= 0.6 is 11.3 Å². The first-order chi connectivity index (χ1) is 16.4. The minimum absolute atomic E-state index is 0.118. The first-order valence-electron chi connectivity index (χ1n) is 10.3. The summed E-state index contributed by atoms with van der Waals surface area (Å²) in [5.41, 5.74) is 2.15. The second-order valence-corrected chi connectivity index (χ2v) is 8.23. The lowest BCUT2D eigenvalue weighted by atomic mass is 10.2. The Morgan fingerprint density at radius 2 is 1.97 bits per heavy atom. The minimum atomic E-state index is -0.676. The van der Waals surface area contributed by atoms with Crippen LogP contribution in [0.15, 0.2) is 70.3 Å². The maximum atomic E-state index is 13.0. The van der Waals surface area contributed by atoms with Crippen LogP contribution in [0.1, 0.15) is 11.4 Å². The van der Waals surface area contributed by atoms with Crippen LogP contribution in [-0.4, -0.2) is 27.4 Å². The zero-order chi connectivity index (χ0) is 24.2. The van der Waals surface area contributed by atoms with Crippen LogP contribution < -0.4 is 15.6 Å². The van der Waals surface area contributed by atoms with Gasteiger partial charge in [-0.25, -0.2) is 9.67 Å². The summed E-state index contributed by atoms with van der Waals surface area (Å²) in [4.78, 5) is 30.4. The second-order valence-electron chi connectivity index (χ2n) is 7.37. The summed E-state index contributed by atoms with van der Waals surface area (Å²) in [5.74, 6) is 0.0331. The van der Waals surface area contributed by atoms with E-state index in [1.54, 1.807) is 43.3 Å². The highest BCUT2D eigenvalue weighted by Gasteiger charge is 2.20. The number of ether oxygens (including phenoxy) is 1. The van der Waals surface area contributed by atoms with E-state index in [1.807, 2.05) is 48.5 Å². The predicted octanol–water partition coefficient (Wildman–Crippen LogP) is 4.16. The standard InChI is InChI=1S/C25H21N5O3S/c1-16-22(25(32)30(29(16)2)20-9-5-4-6-10-20)28-23(31)18(14-26)12-19-15-34-24(27-19)17-8-7-11-21(13-17)33-3/h4-13,15H,1-3H3,(H,28,31). The van der Waals surface area contributed by atoms with Gasteiger partial charge in [-0.05, 0) is 37.3 Å². The summed E-state index contributed by atoms with van der Waals surface area (Å²) in [7, 11) is 3.33. The van der Waals surface area contributed by atoms with Crippen molar-refractivity contribution >= 4 is 29.0 Å². The summed E-state index contributed by atoms with van der Waals surface area (Å²) >= 11 is 1.39. The zero-order valence-electron chi connectivity index (χ0n) is 18.8. The largest absolute Gasteiger partial charge is 0.497 e. The van der Waals surface area contributed by atoms with Gasteiger partial charge < -0.3 is 10.1 Å². The Morgan fingerprint density at radius 3 is 2.68 bits per heavy atom. The van der Waals surface area contributed by atoms with Crippen LogP contribution in [0.4, 0.5) is 5.69 Å². The summed E-state index contributed by atoms with van der Waals surface area (Å²) < 4.78 is 8.37. The van der Waals surface area contributed by atoms with E-state index in [1.165, 1.54) is 22.1 Å². The highest BCUT2D eigenvalue weighted by molar-refractivity contribution is 7.13. The van der Waals surface area contributed by atoms with E-state index in [9.17, 15) is 14.9 Å². The van der Waals surface area contributed by atoms with Crippen molar-refractivity contribution in [2.45, 2.75) is 6.92 Å². The highest BCUT2D eigenvalue weighted by Crippen LogP contribution is 2.27. The third kappa shape index (κ3) is 4.40. The van der Waals surface area contributed by atoms with Crippen molar-refractivity contribution in [3.05, 3.63) is 87.3 Å². The smallest absolute Gasteiger partial charge is 0.295 e. The fourth-order valence-corrected chi connectivity index (χ4v) is 4.21. The number of nitrogens with zero attached hydrogens (tertiary/aromatic N) is 4. The number of aromatic nitrogens is 3. The lowest BCUT2D eigenvalue weighted by Gasteiger charge is -2.07. The van der Waals surface area contributed by atoms with Crippen molar-refractivity contribution in [3.8, 4) is 28.1 Å². The lowest BCUT2D eigenvalue weighted by Crippen LogP contribution is -2.23. The number of carbonyl (C=O) groups excluding carboxylic acids is 1. The van der Waals surface area contributed by atoms with Crippen LogP contribution in [-0.2, 0) is 11.8 Å². The van der Waals surface area contributed by atoms with Gasteiger partial charge in [-0.15, -0.1) is 11.3 Å². The average molecular weight is 472 g/mol. The van der Waals surface area contributed by atoms with E-state index in [0.29, 0.717) is 22.8 Å². The summed E-state index contributed by atoms with van der Waals surface area (Å²) in [5, 5.41) is 14.7. The Kier molecular flexibility index (Phi) is 6.43.